The van der Waals surface area contributed by atoms with Gasteiger partial charge in [0.25, 0.3) is 5.91 Å². The first-order valence-electron chi connectivity index (χ1n) is 10.9. The van der Waals surface area contributed by atoms with Crippen LogP contribution in [0.3, 0.4) is 0 Å². The second-order valence-corrected chi connectivity index (χ2v) is 9.81. The number of carbonyl (C=O) groups is 1. The summed E-state index contributed by atoms with van der Waals surface area (Å²) in [7, 11) is 0. The first kappa shape index (κ1) is 24.2. The van der Waals surface area contributed by atoms with E-state index in [1.165, 1.54) is 22.4 Å². The maximum Gasteiger partial charge on any atom is 0.350 e. The highest BCUT2D eigenvalue weighted by molar-refractivity contribution is 7.99. The molecule has 1 atom stereocenters. The van der Waals surface area contributed by atoms with Gasteiger partial charge < -0.3 is 9.80 Å². The molecule has 3 heterocycles. The van der Waals surface area contributed by atoms with E-state index in [0.717, 1.165) is 17.0 Å². The molecule has 12 heteroatoms. The fourth-order valence-corrected chi connectivity index (χ4v) is 6.18. The zero-order chi connectivity index (χ0) is 25.7. The van der Waals surface area contributed by atoms with Gasteiger partial charge in [0.05, 0.1) is 23.2 Å². The third kappa shape index (κ3) is 3.90. The van der Waals surface area contributed by atoms with E-state index in [1.807, 2.05) is 6.07 Å². The number of thioether (sulfide) groups is 1. The zero-order valence-electron chi connectivity index (χ0n) is 18.6. The average molecular weight is 532 g/mol. The van der Waals surface area contributed by atoms with Crippen LogP contribution in [-0.2, 0) is 11.3 Å². The smallest absolute Gasteiger partial charge is 0.350 e. The van der Waals surface area contributed by atoms with E-state index >= 15 is 0 Å². The van der Waals surface area contributed by atoms with Crippen molar-refractivity contribution in [2.75, 3.05) is 30.3 Å². The van der Waals surface area contributed by atoms with Gasteiger partial charge in [0, 0.05) is 52.9 Å². The normalized spacial score (nSPS) is 17.2. The minimum absolute atomic E-state index is 0.0144. The van der Waals surface area contributed by atoms with E-state index in [1.54, 1.807) is 11.0 Å². The van der Waals surface area contributed by atoms with E-state index in [4.69, 9.17) is 11.6 Å². The van der Waals surface area contributed by atoms with E-state index in [9.17, 15) is 28.0 Å². The molecule has 0 unspecified atom stereocenters. The van der Waals surface area contributed by atoms with E-state index in [-0.39, 0.29) is 36.0 Å². The van der Waals surface area contributed by atoms with Gasteiger partial charge in [-0.3, -0.25) is 9.36 Å². The molecular weight excluding hydrogens is 515 g/mol. The van der Waals surface area contributed by atoms with Crippen LogP contribution in [0.2, 0.25) is 5.02 Å². The molecule has 0 spiro atoms. The Hall–Kier alpha value is -3.49. The predicted molar refractivity (Wildman–Crippen MR) is 131 cm³/mol. The Balaban J connectivity index is 1.68. The minimum atomic E-state index is -1.16. The van der Waals surface area contributed by atoms with Gasteiger partial charge in [-0.1, -0.05) is 18.2 Å². The van der Waals surface area contributed by atoms with Crippen LogP contribution in [0.4, 0.5) is 19.0 Å². The van der Waals surface area contributed by atoms with Crippen molar-refractivity contribution in [2.24, 2.45) is 0 Å². The largest absolute Gasteiger partial charge is 0.351 e. The molecule has 36 heavy (non-hydrogen) atoms. The van der Waals surface area contributed by atoms with Crippen LogP contribution in [0.1, 0.15) is 0 Å². The van der Waals surface area contributed by atoms with Gasteiger partial charge in [0.1, 0.15) is 23.5 Å². The van der Waals surface area contributed by atoms with E-state index in [0.29, 0.717) is 33.7 Å². The van der Waals surface area contributed by atoms with Crippen LogP contribution in [0, 0.1) is 23.0 Å². The summed E-state index contributed by atoms with van der Waals surface area (Å²) in [6.45, 7) is 3.56. The number of anilines is 1. The molecule has 3 aromatic rings. The number of hydrogen-bond acceptors (Lipinski definition) is 6. The van der Waals surface area contributed by atoms with Gasteiger partial charge in [-0.15, -0.1) is 11.8 Å². The number of rotatable bonds is 3. The van der Waals surface area contributed by atoms with Crippen LogP contribution in [0.25, 0.3) is 22.0 Å². The summed E-state index contributed by atoms with van der Waals surface area (Å²) in [5.41, 5.74) is 0.432. The summed E-state index contributed by atoms with van der Waals surface area (Å²) in [6, 6.07) is 5.79. The Labute approximate surface area is 212 Å². The van der Waals surface area contributed by atoms with Crippen molar-refractivity contribution in [3.8, 4) is 17.2 Å². The Morgan fingerprint density at radius 1 is 1.25 bits per heavy atom. The summed E-state index contributed by atoms with van der Waals surface area (Å²) < 4.78 is 43.2. The minimum Gasteiger partial charge on any atom is -0.351 e. The second kappa shape index (κ2) is 9.19. The Morgan fingerprint density at radius 2 is 2.03 bits per heavy atom. The highest BCUT2D eigenvalue weighted by atomic mass is 35.5. The zero-order valence-corrected chi connectivity index (χ0v) is 20.2. The molecule has 0 N–H and O–H groups in total. The number of amides is 1. The lowest BCUT2D eigenvalue weighted by atomic mass is 10.0. The lowest BCUT2D eigenvalue weighted by Gasteiger charge is -2.39. The molecule has 1 amide bonds. The summed E-state index contributed by atoms with van der Waals surface area (Å²) in [5.74, 6) is -2.85. The molecular formula is C24H17ClF3N5O2S. The third-order valence-corrected chi connectivity index (χ3v) is 7.60. The lowest BCUT2D eigenvalue weighted by molar-refractivity contribution is -0.130. The van der Waals surface area contributed by atoms with Crippen molar-refractivity contribution >= 4 is 46.0 Å². The van der Waals surface area contributed by atoms with Gasteiger partial charge in [-0.25, -0.2) is 18.0 Å². The highest BCUT2D eigenvalue weighted by Crippen LogP contribution is 2.46. The first-order valence-corrected chi connectivity index (χ1v) is 12.2. The fraction of sp³-hybridized carbons (Fsp3) is 0.250. The van der Waals surface area contributed by atoms with Crippen LogP contribution < -0.4 is 10.6 Å². The van der Waals surface area contributed by atoms with Crippen molar-refractivity contribution in [2.45, 2.75) is 17.5 Å². The van der Waals surface area contributed by atoms with Crippen molar-refractivity contribution in [1.29, 1.82) is 5.26 Å². The molecule has 2 aromatic carbocycles. The Kier molecular flexibility index (Phi) is 6.18. The van der Waals surface area contributed by atoms with Gasteiger partial charge in [-0.05, 0) is 18.2 Å². The topological polar surface area (TPSA) is 82.2 Å². The molecule has 0 bridgehead atoms. The summed E-state index contributed by atoms with van der Waals surface area (Å²) >= 11 is 8.05. The summed E-state index contributed by atoms with van der Waals surface area (Å²) in [5, 5.41) is 10.3. The van der Waals surface area contributed by atoms with E-state index < -0.39 is 35.1 Å². The third-order valence-electron chi connectivity index (χ3n) is 6.23. The molecule has 5 rings (SSSR count). The predicted octanol–water partition coefficient (Wildman–Crippen LogP) is 4.12. The molecule has 7 nitrogen and oxygen atoms in total. The number of halogens is 4. The van der Waals surface area contributed by atoms with Gasteiger partial charge >= 0.3 is 5.69 Å². The van der Waals surface area contributed by atoms with Crippen molar-refractivity contribution < 1.29 is 18.0 Å². The molecule has 0 aliphatic carbocycles. The number of benzene rings is 2. The highest BCUT2D eigenvalue weighted by Gasteiger charge is 2.34. The molecule has 0 saturated carbocycles. The molecule has 1 aromatic heterocycles. The average Bonchev–Trinajstić information content (AvgIpc) is 2.86. The van der Waals surface area contributed by atoms with Crippen molar-refractivity contribution in [3.63, 3.8) is 0 Å². The van der Waals surface area contributed by atoms with Crippen LogP contribution in [0.5, 0.6) is 0 Å². The molecule has 2 aliphatic heterocycles. The molecule has 2 aliphatic rings. The van der Waals surface area contributed by atoms with Crippen LogP contribution in [0.15, 0.2) is 46.4 Å². The monoisotopic (exact) mass is 531 g/mol. The standard InChI is InChI=1S/C24H17ClF3N5O2S/c1-12(26)23(34)32-5-4-31(11-14(32)10-29)22-16-9-17(25)19(15-3-2-13(27)8-18(15)28)21-20(16)33(6-7-36-21)24(35)30-22/h2-3,8-9,14H,1,4-7,11H2/t14-/m1/s1. The van der Waals surface area contributed by atoms with Crippen molar-refractivity contribution in [1.82, 2.24) is 14.5 Å². The number of hydrogen-bond donors (Lipinski definition) is 0. The van der Waals surface area contributed by atoms with Gasteiger partial charge in [0.15, 0.2) is 5.83 Å². The lowest BCUT2D eigenvalue weighted by Crippen LogP contribution is -2.55. The number of nitrogens with zero attached hydrogens (tertiary/aromatic N) is 5. The molecule has 1 saturated heterocycles. The van der Waals surface area contributed by atoms with E-state index in [2.05, 4.69) is 11.6 Å². The number of nitriles is 1. The van der Waals surface area contributed by atoms with Crippen LogP contribution in [-0.4, -0.2) is 51.8 Å². The van der Waals surface area contributed by atoms with Gasteiger partial charge in [0.2, 0.25) is 0 Å². The quantitative estimate of drug-likeness (QED) is 0.473. The molecule has 1 fully saturated rings. The molecule has 0 radical (unpaired) electrons. The van der Waals surface area contributed by atoms with Crippen LogP contribution >= 0.6 is 23.4 Å². The number of aromatic nitrogens is 2. The SMILES string of the molecule is C=C(F)C(=O)N1CCN(c2nc(=O)n3c4c(c(-c5ccc(F)cc5F)c(Cl)cc24)SCC3)C[C@H]1C#N. The second-order valence-electron chi connectivity index (χ2n) is 8.30. The fourth-order valence-electron chi connectivity index (χ4n) is 4.62. The maximum absolute atomic E-state index is 14.7. The molecule has 184 valence electrons. The summed E-state index contributed by atoms with van der Waals surface area (Å²) in [4.78, 5) is 32.7. The Morgan fingerprint density at radius 3 is 2.72 bits per heavy atom. The maximum atomic E-state index is 14.7. The number of aryl methyl sites for hydroxylation is 1. The van der Waals surface area contributed by atoms with Crippen molar-refractivity contribution in [3.05, 3.63) is 63.8 Å². The number of piperazine rings is 1. The number of carbonyl (C=O) groups excluding carboxylic acids is 1. The first-order chi connectivity index (χ1) is 17.2. The Bertz CT molecular complexity index is 1550. The summed E-state index contributed by atoms with van der Waals surface area (Å²) in [6.07, 6.45) is 0. The van der Waals surface area contributed by atoms with Gasteiger partial charge in [-0.2, -0.15) is 10.2 Å².